The summed E-state index contributed by atoms with van der Waals surface area (Å²) in [6, 6.07) is 7.78. The van der Waals surface area contributed by atoms with Crippen molar-refractivity contribution >= 4 is 28.6 Å². The zero-order valence-corrected chi connectivity index (χ0v) is 7.97. The van der Waals surface area contributed by atoms with Crippen LogP contribution in [0.25, 0.3) is 10.9 Å². The molecule has 0 N–H and O–H groups in total. The summed E-state index contributed by atoms with van der Waals surface area (Å²) in [5, 5.41) is 1.09. The minimum atomic E-state index is 0.598. The first-order valence-corrected chi connectivity index (χ1v) is 4.78. The first-order valence-electron chi connectivity index (χ1n) is 4.78. The SMILES string of the molecule is O=CC1=Nc2ccc3ncccc3c2C1. The molecular formula is C12H8N2O. The summed E-state index contributed by atoms with van der Waals surface area (Å²) in [5.41, 5.74) is 3.57. The monoisotopic (exact) mass is 196 g/mol. The number of nitrogens with zero attached hydrogens (tertiary/aromatic N) is 2. The van der Waals surface area contributed by atoms with Gasteiger partial charge in [0.2, 0.25) is 0 Å². The van der Waals surface area contributed by atoms with Crippen LogP contribution in [-0.2, 0) is 11.2 Å². The molecule has 15 heavy (non-hydrogen) atoms. The van der Waals surface area contributed by atoms with Crippen molar-refractivity contribution in [1.82, 2.24) is 4.98 Å². The van der Waals surface area contributed by atoms with Gasteiger partial charge in [-0.2, -0.15) is 0 Å². The van der Waals surface area contributed by atoms with Crippen LogP contribution >= 0.6 is 0 Å². The molecule has 0 bridgehead atoms. The Morgan fingerprint density at radius 3 is 3.07 bits per heavy atom. The molecule has 0 aliphatic carbocycles. The van der Waals surface area contributed by atoms with E-state index < -0.39 is 0 Å². The van der Waals surface area contributed by atoms with Gasteiger partial charge in [0.15, 0.2) is 6.29 Å². The molecule has 0 saturated carbocycles. The first-order chi connectivity index (χ1) is 7.38. The molecule has 2 heterocycles. The molecule has 3 heteroatoms. The van der Waals surface area contributed by atoms with Crippen molar-refractivity contribution < 1.29 is 4.79 Å². The average Bonchev–Trinajstić information content (AvgIpc) is 2.72. The van der Waals surface area contributed by atoms with Crippen LogP contribution < -0.4 is 0 Å². The Balaban J connectivity index is 2.30. The zero-order valence-electron chi connectivity index (χ0n) is 7.97. The highest BCUT2D eigenvalue weighted by Gasteiger charge is 2.16. The fourth-order valence-electron chi connectivity index (χ4n) is 1.94. The van der Waals surface area contributed by atoms with Crippen LogP contribution in [0.15, 0.2) is 35.5 Å². The van der Waals surface area contributed by atoms with Crippen LogP contribution in [0.4, 0.5) is 5.69 Å². The van der Waals surface area contributed by atoms with E-state index in [1.165, 1.54) is 0 Å². The number of aliphatic imine (C=N–C) groups is 1. The number of aldehydes is 1. The number of carbonyl (C=O) groups is 1. The Morgan fingerprint density at radius 1 is 1.27 bits per heavy atom. The Bertz CT molecular complexity index is 587. The highest BCUT2D eigenvalue weighted by atomic mass is 16.1. The van der Waals surface area contributed by atoms with Crippen molar-refractivity contribution in [2.75, 3.05) is 0 Å². The van der Waals surface area contributed by atoms with Crippen molar-refractivity contribution in [3.8, 4) is 0 Å². The summed E-state index contributed by atoms with van der Waals surface area (Å²) in [6.07, 6.45) is 3.22. The maximum Gasteiger partial charge on any atom is 0.164 e. The van der Waals surface area contributed by atoms with Crippen molar-refractivity contribution in [2.24, 2.45) is 4.99 Å². The van der Waals surface area contributed by atoms with Gasteiger partial charge in [-0.05, 0) is 23.8 Å². The summed E-state index contributed by atoms with van der Waals surface area (Å²) in [5.74, 6) is 0. The number of benzene rings is 1. The van der Waals surface area contributed by atoms with Gasteiger partial charge in [-0.3, -0.25) is 9.78 Å². The normalized spacial score (nSPS) is 13.7. The van der Waals surface area contributed by atoms with Crippen molar-refractivity contribution in [3.05, 3.63) is 36.0 Å². The van der Waals surface area contributed by atoms with Crippen molar-refractivity contribution in [2.45, 2.75) is 6.42 Å². The standard InChI is InChI=1S/C12H8N2O/c15-7-8-6-10-9-2-1-5-13-11(9)3-4-12(10)14-8/h1-5,7H,6H2. The number of hydrogen-bond acceptors (Lipinski definition) is 3. The maximum absolute atomic E-state index is 10.7. The van der Waals surface area contributed by atoms with Crippen LogP contribution in [-0.4, -0.2) is 17.0 Å². The Kier molecular flexibility index (Phi) is 1.65. The third-order valence-electron chi connectivity index (χ3n) is 2.63. The lowest BCUT2D eigenvalue weighted by Crippen LogP contribution is -1.98. The average molecular weight is 196 g/mol. The molecule has 1 aromatic heterocycles. The van der Waals surface area contributed by atoms with E-state index in [0.717, 1.165) is 28.4 Å². The summed E-state index contributed by atoms with van der Waals surface area (Å²) in [7, 11) is 0. The third kappa shape index (κ3) is 1.16. The lowest BCUT2D eigenvalue weighted by Gasteiger charge is -2.02. The number of pyridine rings is 1. The Morgan fingerprint density at radius 2 is 2.20 bits per heavy atom. The van der Waals surface area contributed by atoms with Gasteiger partial charge in [-0.15, -0.1) is 0 Å². The molecule has 72 valence electrons. The fourth-order valence-corrected chi connectivity index (χ4v) is 1.94. The molecule has 1 aromatic carbocycles. The second kappa shape index (κ2) is 2.98. The van der Waals surface area contributed by atoms with E-state index in [1.807, 2.05) is 24.3 Å². The summed E-state index contributed by atoms with van der Waals surface area (Å²) in [6.45, 7) is 0. The van der Waals surface area contributed by atoms with Gasteiger partial charge in [-0.25, -0.2) is 4.99 Å². The van der Waals surface area contributed by atoms with Gasteiger partial charge >= 0.3 is 0 Å². The molecule has 0 radical (unpaired) electrons. The van der Waals surface area contributed by atoms with Gasteiger partial charge in [0.05, 0.1) is 16.9 Å². The molecule has 3 rings (SSSR count). The minimum absolute atomic E-state index is 0.598. The van der Waals surface area contributed by atoms with E-state index in [-0.39, 0.29) is 0 Å². The van der Waals surface area contributed by atoms with Gasteiger partial charge in [0.25, 0.3) is 0 Å². The number of fused-ring (bicyclic) bond motifs is 3. The zero-order chi connectivity index (χ0) is 10.3. The van der Waals surface area contributed by atoms with Crippen LogP contribution in [0.3, 0.4) is 0 Å². The van der Waals surface area contributed by atoms with E-state index >= 15 is 0 Å². The van der Waals surface area contributed by atoms with E-state index in [0.29, 0.717) is 12.1 Å². The maximum atomic E-state index is 10.7. The number of rotatable bonds is 1. The van der Waals surface area contributed by atoms with E-state index in [9.17, 15) is 4.79 Å². The van der Waals surface area contributed by atoms with E-state index in [1.54, 1.807) is 6.20 Å². The van der Waals surface area contributed by atoms with Gasteiger partial charge < -0.3 is 0 Å². The summed E-state index contributed by atoms with van der Waals surface area (Å²) >= 11 is 0. The minimum Gasteiger partial charge on any atom is -0.297 e. The first kappa shape index (κ1) is 8.29. The molecule has 3 nitrogen and oxygen atoms in total. The van der Waals surface area contributed by atoms with Gasteiger partial charge in [-0.1, -0.05) is 6.07 Å². The van der Waals surface area contributed by atoms with Gasteiger partial charge in [0, 0.05) is 18.0 Å². The highest BCUT2D eigenvalue weighted by molar-refractivity contribution is 6.31. The molecule has 0 unspecified atom stereocenters. The number of carbonyl (C=O) groups excluding carboxylic acids is 1. The molecule has 2 aromatic rings. The molecular weight excluding hydrogens is 188 g/mol. The van der Waals surface area contributed by atoms with Crippen molar-refractivity contribution in [1.29, 1.82) is 0 Å². The van der Waals surface area contributed by atoms with E-state index in [4.69, 9.17) is 0 Å². The molecule has 0 fully saturated rings. The van der Waals surface area contributed by atoms with Crippen LogP contribution in [0.1, 0.15) is 5.56 Å². The summed E-state index contributed by atoms with van der Waals surface area (Å²) in [4.78, 5) is 19.2. The molecule has 0 atom stereocenters. The topological polar surface area (TPSA) is 42.3 Å². The number of aromatic nitrogens is 1. The Labute approximate surface area is 86.5 Å². The van der Waals surface area contributed by atoms with Gasteiger partial charge in [0.1, 0.15) is 0 Å². The quantitative estimate of drug-likeness (QED) is 0.655. The van der Waals surface area contributed by atoms with Crippen LogP contribution in [0.2, 0.25) is 0 Å². The lowest BCUT2D eigenvalue weighted by molar-refractivity contribution is -0.102. The lowest BCUT2D eigenvalue weighted by atomic mass is 10.0. The molecule has 0 saturated heterocycles. The Hall–Kier alpha value is -2.03. The predicted octanol–water partition coefficient (Wildman–Crippen LogP) is 2.06. The van der Waals surface area contributed by atoms with E-state index in [2.05, 4.69) is 9.98 Å². The largest absolute Gasteiger partial charge is 0.297 e. The highest BCUT2D eigenvalue weighted by Crippen LogP contribution is 2.32. The van der Waals surface area contributed by atoms with Crippen LogP contribution in [0.5, 0.6) is 0 Å². The third-order valence-corrected chi connectivity index (χ3v) is 2.63. The second-order valence-electron chi connectivity index (χ2n) is 3.53. The van der Waals surface area contributed by atoms with Crippen molar-refractivity contribution in [3.63, 3.8) is 0 Å². The second-order valence-corrected chi connectivity index (χ2v) is 3.53. The molecule has 1 aliphatic heterocycles. The predicted molar refractivity (Wildman–Crippen MR) is 58.6 cm³/mol. The van der Waals surface area contributed by atoms with Crippen LogP contribution in [0, 0.1) is 0 Å². The smallest absolute Gasteiger partial charge is 0.164 e. The molecule has 1 aliphatic rings. The summed E-state index contributed by atoms with van der Waals surface area (Å²) < 4.78 is 0. The molecule has 0 spiro atoms. The number of hydrogen-bond donors (Lipinski definition) is 0. The molecule has 0 amide bonds. The fraction of sp³-hybridized carbons (Fsp3) is 0.0833.